The van der Waals surface area contributed by atoms with Gasteiger partial charge in [-0.05, 0) is 56.4 Å². The molecule has 0 amide bonds. The molecule has 2 aliphatic carbocycles. The topological polar surface area (TPSA) is 53.4 Å². The molecule has 2 aromatic rings. The minimum atomic E-state index is -0.0495. The Labute approximate surface area is 148 Å². The van der Waals surface area contributed by atoms with E-state index in [9.17, 15) is 4.79 Å². The van der Waals surface area contributed by atoms with Crippen molar-refractivity contribution in [2.24, 2.45) is 17.8 Å². The Morgan fingerprint density at radius 2 is 1.96 bits per heavy atom. The molecular formula is C20H26N2O3. The van der Waals surface area contributed by atoms with E-state index < -0.39 is 0 Å². The van der Waals surface area contributed by atoms with Crippen molar-refractivity contribution in [1.82, 2.24) is 9.55 Å². The van der Waals surface area contributed by atoms with Crippen molar-refractivity contribution in [3.8, 4) is 5.75 Å². The van der Waals surface area contributed by atoms with Crippen molar-refractivity contribution < 1.29 is 14.3 Å². The van der Waals surface area contributed by atoms with Gasteiger partial charge < -0.3 is 14.0 Å². The summed E-state index contributed by atoms with van der Waals surface area (Å²) in [6.45, 7) is 1.79. The zero-order valence-electron chi connectivity index (χ0n) is 14.8. The van der Waals surface area contributed by atoms with Crippen LogP contribution in [0.3, 0.4) is 0 Å². The van der Waals surface area contributed by atoms with Gasteiger partial charge in [0.2, 0.25) is 0 Å². The van der Waals surface area contributed by atoms with Gasteiger partial charge in [-0.2, -0.15) is 0 Å². The number of hydrogen-bond acceptors (Lipinski definition) is 4. The van der Waals surface area contributed by atoms with Gasteiger partial charge in [0.05, 0.1) is 36.9 Å². The Hall–Kier alpha value is -2.04. The van der Waals surface area contributed by atoms with Crippen LogP contribution in [0, 0.1) is 17.8 Å². The molecule has 0 atom stereocenters. The second-order valence-corrected chi connectivity index (χ2v) is 7.54. The Bertz CT molecular complexity index is 742. The average Bonchev–Trinajstić information content (AvgIpc) is 3.41. The number of fused-ring (bicyclic) bond motifs is 1. The number of aromatic nitrogens is 2. The van der Waals surface area contributed by atoms with E-state index in [1.165, 1.54) is 20.0 Å². The van der Waals surface area contributed by atoms with Gasteiger partial charge in [-0.1, -0.05) is 0 Å². The summed E-state index contributed by atoms with van der Waals surface area (Å²) >= 11 is 0. The van der Waals surface area contributed by atoms with Crippen LogP contribution in [0.25, 0.3) is 11.0 Å². The SMILES string of the molecule is COC(=O)C1CCC(Cn2ccc3ncc(OCC4CC4)cc32)CC1. The van der Waals surface area contributed by atoms with Crippen LogP contribution in [0.15, 0.2) is 24.5 Å². The van der Waals surface area contributed by atoms with E-state index in [-0.39, 0.29) is 11.9 Å². The highest BCUT2D eigenvalue weighted by Gasteiger charge is 2.27. The maximum Gasteiger partial charge on any atom is 0.308 e. The standard InChI is InChI=1S/C20H26N2O3/c1-24-20(23)16-6-4-14(5-7-16)12-22-9-8-18-19(22)10-17(11-21-18)25-13-15-2-3-15/h8-11,14-16H,2-7,12-13H2,1H3. The molecule has 5 heteroatoms. The van der Waals surface area contributed by atoms with E-state index in [0.717, 1.165) is 61.5 Å². The van der Waals surface area contributed by atoms with E-state index >= 15 is 0 Å². The first-order chi connectivity index (χ1) is 12.2. The Morgan fingerprint density at radius 1 is 1.20 bits per heavy atom. The van der Waals surface area contributed by atoms with Crippen LogP contribution in [0.4, 0.5) is 0 Å². The van der Waals surface area contributed by atoms with Crippen molar-refractivity contribution in [3.05, 3.63) is 24.5 Å². The molecular weight excluding hydrogens is 316 g/mol. The number of carbonyl (C=O) groups is 1. The fourth-order valence-electron chi connectivity index (χ4n) is 3.81. The number of esters is 1. The first-order valence-electron chi connectivity index (χ1n) is 9.38. The smallest absolute Gasteiger partial charge is 0.308 e. The zero-order valence-corrected chi connectivity index (χ0v) is 14.8. The molecule has 0 N–H and O–H groups in total. The van der Waals surface area contributed by atoms with Crippen molar-refractivity contribution in [3.63, 3.8) is 0 Å². The number of nitrogens with zero attached hydrogens (tertiary/aromatic N) is 2. The van der Waals surface area contributed by atoms with Crippen LogP contribution in [-0.4, -0.2) is 29.2 Å². The summed E-state index contributed by atoms with van der Waals surface area (Å²) in [5.41, 5.74) is 2.16. The molecule has 5 nitrogen and oxygen atoms in total. The minimum absolute atomic E-state index is 0.0495. The lowest BCUT2D eigenvalue weighted by molar-refractivity contribution is -0.146. The van der Waals surface area contributed by atoms with Gasteiger partial charge in [-0.3, -0.25) is 9.78 Å². The monoisotopic (exact) mass is 342 g/mol. The summed E-state index contributed by atoms with van der Waals surface area (Å²) in [6, 6.07) is 4.19. The van der Waals surface area contributed by atoms with Crippen LogP contribution >= 0.6 is 0 Å². The van der Waals surface area contributed by atoms with E-state index in [0.29, 0.717) is 5.92 Å². The molecule has 2 aliphatic rings. The molecule has 0 aliphatic heterocycles. The van der Waals surface area contributed by atoms with Gasteiger partial charge in [0.15, 0.2) is 0 Å². The molecule has 0 radical (unpaired) electrons. The van der Waals surface area contributed by atoms with Crippen LogP contribution in [0.1, 0.15) is 38.5 Å². The quantitative estimate of drug-likeness (QED) is 0.749. The first kappa shape index (κ1) is 16.4. The summed E-state index contributed by atoms with van der Waals surface area (Å²) < 4.78 is 13.0. The van der Waals surface area contributed by atoms with Gasteiger partial charge in [-0.15, -0.1) is 0 Å². The largest absolute Gasteiger partial charge is 0.492 e. The molecule has 2 fully saturated rings. The maximum absolute atomic E-state index is 11.7. The molecule has 4 rings (SSSR count). The van der Waals surface area contributed by atoms with Crippen LogP contribution in [0.2, 0.25) is 0 Å². The Kier molecular flexibility index (Phi) is 4.64. The highest BCUT2D eigenvalue weighted by atomic mass is 16.5. The van der Waals surface area contributed by atoms with Crippen molar-refractivity contribution in [1.29, 1.82) is 0 Å². The molecule has 134 valence electrons. The summed E-state index contributed by atoms with van der Waals surface area (Å²) in [5, 5.41) is 0. The number of ether oxygens (including phenoxy) is 2. The van der Waals surface area contributed by atoms with Gasteiger partial charge in [0.1, 0.15) is 5.75 Å². The zero-order chi connectivity index (χ0) is 17.2. The minimum Gasteiger partial charge on any atom is -0.492 e. The third kappa shape index (κ3) is 3.80. The highest BCUT2D eigenvalue weighted by Crippen LogP contribution is 2.32. The van der Waals surface area contributed by atoms with Crippen LogP contribution < -0.4 is 4.74 Å². The van der Waals surface area contributed by atoms with E-state index in [4.69, 9.17) is 9.47 Å². The van der Waals surface area contributed by atoms with E-state index in [1.807, 2.05) is 6.20 Å². The molecule has 0 bridgehead atoms. The lowest BCUT2D eigenvalue weighted by Gasteiger charge is -2.27. The van der Waals surface area contributed by atoms with E-state index in [2.05, 4.69) is 27.9 Å². The summed E-state index contributed by atoms with van der Waals surface area (Å²) in [4.78, 5) is 16.2. The molecule has 2 aromatic heterocycles. The Balaban J connectivity index is 1.40. The lowest BCUT2D eigenvalue weighted by atomic mass is 9.82. The van der Waals surface area contributed by atoms with Crippen LogP contribution in [0.5, 0.6) is 5.75 Å². The first-order valence-corrected chi connectivity index (χ1v) is 9.38. The second kappa shape index (κ2) is 7.06. The average molecular weight is 342 g/mol. The molecule has 2 saturated carbocycles. The van der Waals surface area contributed by atoms with E-state index in [1.54, 1.807) is 0 Å². The molecule has 0 unspecified atom stereocenters. The summed E-state index contributed by atoms with van der Waals surface area (Å²) in [5.74, 6) is 2.26. The third-order valence-electron chi connectivity index (χ3n) is 5.61. The number of hydrogen-bond donors (Lipinski definition) is 0. The Morgan fingerprint density at radius 3 is 2.68 bits per heavy atom. The fraction of sp³-hybridized carbons (Fsp3) is 0.600. The number of rotatable bonds is 6. The molecule has 2 heterocycles. The van der Waals surface area contributed by atoms with Crippen molar-refractivity contribution in [2.45, 2.75) is 45.1 Å². The van der Waals surface area contributed by atoms with Gasteiger partial charge >= 0.3 is 5.97 Å². The predicted octanol–water partition coefficient (Wildman–Crippen LogP) is 3.80. The molecule has 25 heavy (non-hydrogen) atoms. The molecule has 0 aromatic carbocycles. The normalized spacial score (nSPS) is 23.6. The van der Waals surface area contributed by atoms with Gasteiger partial charge in [-0.25, -0.2) is 0 Å². The summed E-state index contributed by atoms with van der Waals surface area (Å²) in [6.07, 6.45) is 10.6. The molecule has 0 spiro atoms. The number of pyridine rings is 1. The predicted molar refractivity (Wildman–Crippen MR) is 95.4 cm³/mol. The summed E-state index contributed by atoms with van der Waals surface area (Å²) in [7, 11) is 1.48. The second-order valence-electron chi connectivity index (χ2n) is 7.54. The maximum atomic E-state index is 11.7. The van der Waals surface area contributed by atoms with Gasteiger partial charge in [0, 0.05) is 18.8 Å². The number of carbonyl (C=O) groups excluding carboxylic acids is 1. The van der Waals surface area contributed by atoms with Crippen LogP contribution in [-0.2, 0) is 16.1 Å². The van der Waals surface area contributed by atoms with Crippen molar-refractivity contribution in [2.75, 3.05) is 13.7 Å². The fourth-order valence-corrected chi connectivity index (χ4v) is 3.81. The van der Waals surface area contributed by atoms with Crippen molar-refractivity contribution >= 4 is 17.0 Å². The third-order valence-corrected chi connectivity index (χ3v) is 5.61. The lowest BCUT2D eigenvalue weighted by Crippen LogP contribution is -2.24. The molecule has 0 saturated heterocycles. The highest BCUT2D eigenvalue weighted by molar-refractivity contribution is 5.77. The van der Waals surface area contributed by atoms with Gasteiger partial charge in [0.25, 0.3) is 0 Å². The number of methoxy groups -OCH3 is 1.